The lowest BCUT2D eigenvalue weighted by Crippen LogP contribution is -2.25. The van der Waals surface area contributed by atoms with Gasteiger partial charge in [-0.25, -0.2) is 5.01 Å². The van der Waals surface area contributed by atoms with Crippen molar-refractivity contribution in [3.05, 3.63) is 35.9 Å². The third-order valence-corrected chi connectivity index (χ3v) is 5.09. The quantitative estimate of drug-likeness (QED) is 0.748. The SMILES string of the molecule is O=C(CCC(=O)N1CCC(c2ccccc2)=N1)OC1CCCCCCC1. The molecule has 0 bridgehead atoms. The van der Waals surface area contributed by atoms with Gasteiger partial charge < -0.3 is 4.74 Å². The number of rotatable bonds is 5. The first-order chi connectivity index (χ1) is 12.7. The third-order valence-electron chi connectivity index (χ3n) is 5.09. The van der Waals surface area contributed by atoms with E-state index in [2.05, 4.69) is 5.10 Å². The van der Waals surface area contributed by atoms with Crippen LogP contribution in [0.2, 0.25) is 0 Å². The molecular weight excluding hydrogens is 328 g/mol. The summed E-state index contributed by atoms with van der Waals surface area (Å²) in [6.07, 6.45) is 8.99. The molecule has 1 aliphatic heterocycles. The average molecular weight is 356 g/mol. The Hall–Kier alpha value is -2.17. The van der Waals surface area contributed by atoms with Crippen LogP contribution in [0.5, 0.6) is 0 Å². The van der Waals surface area contributed by atoms with E-state index in [1.54, 1.807) is 0 Å². The number of hydrogen-bond acceptors (Lipinski definition) is 4. The van der Waals surface area contributed by atoms with Gasteiger partial charge in [-0.2, -0.15) is 5.10 Å². The van der Waals surface area contributed by atoms with E-state index >= 15 is 0 Å². The molecule has 1 aromatic carbocycles. The summed E-state index contributed by atoms with van der Waals surface area (Å²) >= 11 is 0. The Bertz CT molecular complexity index is 634. The zero-order valence-corrected chi connectivity index (χ0v) is 15.4. The summed E-state index contributed by atoms with van der Waals surface area (Å²) in [5.41, 5.74) is 1.97. The lowest BCUT2D eigenvalue weighted by atomic mass is 9.98. The summed E-state index contributed by atoms with van der Waals surface area (Å²) in [5, 5.41) is 5.91. The number of benzene rings is 1. The molecule has 0 atom stereocenters. The molecule has 1 amide bonds. The molecule has 1 aliphatic carbocycles. The summed E-state index contributed by atoms with van der Waals surface area (Å²) < 4.78 is 5.58. The summed E-state index contributed by atoms with van der Waals surface area (Å²) in [6.45, 7) is 0.584. The minimum absolute atomic E-state index is 0.0346. The van der Waals surface area contributed by atoms with Crippen molar-refractivity contribution >= 4 is 17.6 Å². The Kier molecular flexibility index (Phi) is 6.81. The lowest BCUT2D eigenvalue weighted by Gasteiger charge is -2.20. The second-order valence-corrected chi connectivity index (χ2v) is 7.14. The van der Waals surface area contributed by atoms with Crippen molar-refractivity contribution in [1.82, 2.24) is 5.01 Å². The van der Waals surface area contributed by atoms with Gasteiger partial charge in [0.25, 0.3) is 0 Å². The fourth-order valence-corrected chi connectivity index (χ4v) is 3.59. The molecule has 26 heavy (non-hydrogen) atoms. The van der Waals surface area contributed by atoms with Crippen molar-refractivity contribution in [1.29, 1.82) is 0 Å². The zero-order valence-electron chi connectivity index (χ0n) is 15.4. The van der Waals surface area contributed by atoms with Crippen molar-refractivity contribution in [3.63, 3.8) is 0 Å². The maximum absolute atomic E-state index is 12.3. The van der Waals surface area contributed by atoms with Crippen LogP contribution in [0.25, 0.3) is 0 Å². The van der Waals surface area contributed by atoms with Crippen LogP contribution in [0, 0.1) is 0 Å². The Morgan fingerprint density at radius 2 is 1.69 bits per heavy atom. The van der Waals surface area contributed by atoms with Gasteiger partial charge in [0, 0.05) is 12.8 Å². The molecular formula is C21H28N2O3. The van der Waals surface area contributed by atoms with Crippen LogP contribution in [-0.4, -0.2) is 35.2 Å². The van der Waals surface area contributed by atoms with Crippen LogP contribution in [0.4, 0.5) is 0 Å². The summed E-state index contributed by atoms with van der Waals surface area (Å²) in [4.78, 5) is 24.4. The number of amides is 1. The van der Waals surface area contributed by atoms with Gasteiger partial charge in [0.2, 0.25) is 5.91 Å². The van der Waals surface area contributed by atoms with E-state index in [1.165, 1.54) is 24.3 Å². The first-order valence-electron chi connectivity index (χ1n) is 9.85. The molecule has 1 fully saturated rings. The van der Waals surface area contributed by atoms with Gasteiger partial charge in [-0.05, 0) is 31.2 Å². The molecule has 5 heteroatoms. The van der Waals surface area contributed by atoms with E-state index in [0.29, 0.717) is 6.54 Å². The highest BCUT2D eigenvalue weighted by Crippen LogP contribution is 2.20. The highest BCUT2D eigenvalue weighted by Gasteiger charge is 2.23. The van der Waals surface area contributed by atoms with Gasteiger partial charge in [0.05, 0.1) is 18.7 Å². The smallest absolute Gasteiger partial charge is 0.306 e. The number of carbonyl (C=O) groups is 2. The molecule has 0 aromatic heterocycles. The molecule has 140 valence electrons. The van der Waals surface area contributed by atoms with Crippen LogP contribution < -0.4 is 0 Å². The Labute approximate surface area is 155 Å². The number of nitrogens with zero attached hydrogens (tertiary/aromatic N) is 2. The van der Waals surface area contributed by atoms with Gasteiger partial charge >= 0.3 is 5.97 Å². The van der Waals surface area contributed by atoms with Crippen molar-refractivity contribution in [3.8, 4) is 0 Å². The van der Waals surface area contributed by atoms with Crippen molar-refractivity contribution in [2.45, 2.75) is 70.3 Å². The fourth-order valence-electron chi connectivity index (χ4n) is 3.59. The van der Waals surface area contributed by atoms with Gasteiger partial charge in [0.15, 0.2) is 0 Å². The minimum atomic E-state index is -0.254. The monoisotopic (exact) mass is 356 g/mol. The highest BCUT2D eigenvalue weighted by atomic mass is 16.5. The average Bonchev–Trinajstić information content (AvgIpc) is 3.13. The first-order valence-corrected chi connectivity index (χ1v) is 9.85. The Morgan fingerprint density at radius 1 is 1.00 bits per heavy atom. The van der Waals surface area contributed by atoms with Crippen LogP contribution in [-0.2, 0) is 14.3 Å². The van der Waals surface area contributed by atoms with E-state index in [-0.39, 0.29) is 30.8 Å². The van der Waals surface area contributed by atoms with Crippen molar-refractivity contribution in [2.75, 3.05) is 6.54 Å². The molecule has 0 saturated heterocycles. The predicted molar refractivity (Wildman–Crippen MR) is 101 cm³/mol. The number of ether oxygens (including phenoxy) is 1. The molecule has 0 spiro atoms. The van der Waals surface area contributed by atoms with E-state index < -0.39 is 0 Å². The molecule has 1 heterocycles. The Balaban J connectivity index is 1.43. The number of carbonyl (C=O) groups excluding carboxylic acids is 2. The van der Waals surface area contributed by atoms with Crippen LogP contribution >= 0.6 is 0 Å². The molecule has 0 radical (unpaired) electrons. The normalized spacial score (nSPS) is 18.8. The number of esters is 1. The number of hydrazone groups is 1. The van der Waals surface area contributed by atoms with Gasteiger partial charge in [0.1, 0.15) is 6.10 Å². The molecule has 0 N–H and O–H groups in total. The standard InChI is InChI=1S/C21H28N2O3/c24-20(23-16-15-19(22-23)17-9-5-4-6-10-17)13-14-21(25)26-18-11-7-2-1-3-8-12-18/h4-6,9-10,18H,1-3,7-8,11-16H2. The molecule has 1 saturated carbocycles. The topological polar surface area (TPSA) is 59.0 Å². The summed E-state index contributed by atoms with van der Waals surface area (Å²) in [7, 11) is 0. The second kappa shape index (κ2) is 9.51. The van der Waals surface area contributed by atoms with Crippen LogP contribution in [0.1, 0.15) is 69.8 Å². The molecule has 3 rings (SSSR count). The number of hydrogen-bond donors (Lipinski definition) is 0. The summed E-state index contributed by atoms with van der Waals surface area (Å²) in [5.74, 6) is -0.360. The van der Waals surface area contributed by atoms with Crippen molar-refractivity contribution in [2.24, 2.45) is 5.10 Å². The largest absolute Gasteiger partial charge is 0.462 e. The zero-order chi connectivity index (χ0) is 18.2. The van der Waals surface area contributed by atoms with Gasteiger partial charge in [-0.15, -0.1) is 0 Å². The summed E-state index contributed by atoms with van der Waals surface area (Å²) in [6, 6.07) is 9.89. The Morgan fingerprint density at radius 3 is 2.42 bits per heavy atom. The van der Waals surface area contributed by atoms with Crippen molar-refractivity contribution < 1.29 is 14.3 Å². The van der Waals surface area contributed by atoms with Crippen LogP contribution in [0.3, 0.4) is 0 Å². The molecule has 1 aromatic rings. The lowest BCUT2D eigenvalue weighted by molar-refractivity contribution is -0.151. The fraction of sp³-hybridized carbons (Fsp3) is 0.571. The first kappa shape index (κ1) is 18.6. The third kappa shape index (κ3) is 5.41. The van der Waals surface area contributed by atoms with Gasteiger partial charge in [-0.3, -0.25) is 9.59 Å². The van der Waals surface area contributed by atoms with Gasteiger partial charge in [-0.1, -0.05) is 49.6 Å². The predicted octanol–water partition coefficient (Wildman–Crippen LogP) is 4.06. The molecule has 5 nitrogen and oxygen atoms in total. The maximum Gasteiger partial charge on any atom is 0.306 e. The maximum atomic E-state index is 12.3. The van der Waals surface area contributed by atoms with Crippen LogP contribution in [0.15, 0.2) is 35.4 Å². The van der Waals surface area contributed by atoms with E-state index in [4.69, 9.17) is 4.74 Å². The highest BCUT2D eigenvalue weighted by molar-refractivity contribution is 6.02. The molecule has 0 unspecified atom stereocenters. The van der Waals surface area contributed by atoms with E-state index in [1.807, 2.05) is 30.3 Å². The van der Waals surface area contributed by atoms with E-state index in [0.717, 1.165) is 43.4 Å². The minimum Gasteiger partial charge on any atom is -0.462 e. The molecule has 2 aliphatic rings. The second-order valence-electron chi connectivity index (χ2n) is 7.14. The van der Waals surface area contributed by atoms with E-state index in [9.17, 15) is 9.59 Å².